The average molecular weight is 436 g/mol. The van der Waals surface area contributed by atoms with Crippen molar-refractivity contribution in [3.63, 3.8) is 0 Å². The Morgan fingerprint density at radius 2 is 1.84 bits per heavy atom. The molecule has 0 radical (unpaired) electrons. The van der Waals surface area contributed by atoms with Crippen LogP contribution in [0.25, 0.3) is 0 Å². The summed E-state index contributed by atoms with van der Waals surface area (Å²) in [5, 5.41) is 3.48. The smallest absolute Gasteiger partial charge is 0.250 e. The highest BCUT2D eigenvalue weighted by molar-refractivity contribution is 6.31. The number of halogens is 1. The van der Waals surface area contributed by atoms with Crippen LogP contribution in [-0.2, 0) is 19.9 Å². The fourth-order valence-electron chi connectivity index (χ4n) is 6.29. The molecule has 4 aliphatic heterocycles. The number of anilines is 2. The first-order valence-electron chi connectivity index (χ1n) is 10.7. The van der Waals surface area contributed by atoms with E-state index in [0.717, 1.165) is 24.0 Å². The molecule has 3 saturated heterocycles. The largest absolute Gasteiger partial charge is 0.324 e. The average Bonchev–Trinajstić information content (AvgIpc) is 3.43. The number of nitrogens with zero attached hydrogens (tertiary/aromatic N) is 2. The molecule has 0 aliphatic carbocycles. The molecule has 4 heterocycles. The van der Waals surface area contributed by atoms with Gasteiger partial charge >= 0.3 is 0 Å². The Hall–Kier alpha value is -2.70. The number of benzene rings is 2. The molecule has 1 N–H and O–H groups in total. The number of carbonyl (C=O) groups is 3. The lowest BCUT2D eigenvalue weighted by atomic mass is 9.75. The summed E-state index contributed by atoms with van der Waals surface area (Å²) in [6.07, 6.45) is 1.69. The minimum Gasteiger partial charge on any atom is -0.324 e. The molecule has 6 nitrogen and oxygen atoms in total. The van der Waals surface area contributed by atoms with Crippen LogP contribution in [0.1, 0.15) is 29.5 Å². The molecule has 4 atom stereocenters. The van der Waals surface area contributed by atoms with Crippen LogP contribution in [0.4, 0.5) is 11.4 Å². The lowest BCUT2D eigenvalue weighted by Gasteiger charge is -2.36. The highest BCUT2D eigenvalue weighted by atomic mass is 35.5. The number of amides is 3. The van der Waals surface area contributed by atoms with E-state index in [1.165, 1.54) is 4.90 Å². The van der Waals surface area contributed by atoms with Crippen LogP contribution in [0.5, 0.6) is 0 Å². The molecule has 1 spiro atoms. The molecule has 31 heavy (non-hydrogen) atoms. The summed E-state index contributed by atoms with van der Waals surface area (Å²) >= 11 is 6.32. The maximum atomic E-state index is 13.9. The van der Waals surface area contributed by atoms with Gasteiger partial charge in [0, 0.05) is 22.3 Å². The molecular weight excluding hydrogens is 414 g/mol. The normalized spacial score (nSPS) is 31.4. The van der Waals surface area contributed by atoms with Crippen molar-refractivity contribution in [3.05, 3.63) is 58.1 Å². The van der Waals surface area contributed by atoms with Gasteiger partial charge in [0.15, 0.2) is 0 Å². The van der Waals surface area contributed by atoms with E-state index in [0.29, 0.717) is 28.5 Å². The van der Waals surface area contributed by atoms with E-state index in [1.54, 1.807) is 18.2 Å². The quantitative estimate of drug-likeness (QED) is 0.697. The van der Waals surface area contributed by atoms with Gasteiger partial charge in [0.25, 0.3) is 0 Å². The van der Waals surface area contributed by atoms with Crippen LogP contribution >= 0.6 is 11.6 Å². The van der Waals surface area contributed by atoms with Crippen LogP contribution in [0.3, 0.4) is 0 Å². The van der Waals surface area contributed by atoms with Crippen LogP contribution in [-0.4, -0.2) is 35.2 Å². The van der Waals surface area contributed by atoms with Crippen molar-refractivity contribution < 1.29 is 14.4 Å². The van der Waals surface area contributed by atoms with Gasteiger partial charge in [-0.05, 0) is 74.7 Å². The van der Waals surface area contributed by atoms with Crippen molar-refractivity contribution in [2.45, 2.75) is 38.3 Å². The Balaban J connectivity index is 1.56. The number of aryl methyl sites for hydroxylation is 2. The second-order valence-corrected chi connectivity index (χ2v) is 9.53. The van der Waals surface area contributed by atoms with E-state index in [4.69, 9.17) is 11.6 Å². The second-order valence-electron chi connectivity index (χ2n) is 9.10. The van der Waals surface area contributed by atoms with Crippen molar-refractivity contribution in [2.75, 3.05) is 16.8 Å². The second kappa shape index (κ2) is 6.17. The van der Waals surface area contributed by atoms with Gasteiger partial charge in [-0.15, -0.1) is 0 Å². The van der Waals surface area contributed by atoms with E-state index in [1.807, 2.05) is 32.0 Å². The molecule has 0 aromatic heterocycles. The standard InChI is InChI=1S/C24H22ClN3O3/c1-12-5-7-15(10-13(12)2)28-21(29)19-18-4-3-9-27(18)24(20(19)22(28)30)16-11-14(25)6-8-17(16)26-23(24)31/h5-8,10-11,18-20H,3-4,9H2,1-2H3,(H,26,31)/t18-,19+,20-,24+/m0/s1. The Morgan fingerprint density at radius 1 is 1.03 bits per heavy atom. The molecule has 3 fully saturated rings. The number of hydrogen-bond donors (Lipinski definition) is 1. The van der Waals surface area contributed by atoms with Crippen molar-refractivity contribution in [2.24, 2.45) is 11.8 Å². The Morgan fingerprint density at radius 3 is 2.61 bits per heavy atom. The Bertz CT molecular complexity index is 1190. The molecule has 0 bridgehead atoms. The van der Waals surface area contributed by atoms with Crippen molar-refractivity contribution in [3.8, 4) is 0 Å². The molecule has 0 unspecified atom stereocenters. The fourth-order valence-corrected chi connectivity index (χ4v) is 6.47. The lowest BCUT2D eigenvalue weighted by Crippen LogP contribution is -2.54. The van der Waals surface area contributed by atoms with Crippen LogP contribution in [0.15, 0.2) is 36.4 Å². The maximum Gasteiger partial charge on any atom is 0.250 e. The van der Waals surface area contributed by atoms with Gasteiger partial charge in [0.2, 0.25) is 17.7 Å². The molecule has 2 aromatic rings. The zero-order chi connectivity index (χ0) is 21.7. The molecule has 7 heteroatoms. The molecule has 0 saturated carbocycles. The van der Waals surface area contributed by atoms with Gasteiger partial charge in [-0.2, -0.15) is 0 Å². The Kier molecular flexibility index (Phi) is 3.79. The first-order valence-corrected chi connectivity index (χ1v) is 11.1. The number of fused-ring (bicyclic) bond motifs is 7. The highest BCUT2D eigenvalue weighted by Crippen LogP contribution is 2.60. The lowest BCUT2D eigenvalue weighted by molar-refractivity contribution is -0.135. The van der Waals surface area contributed by atoms with Gasteiger partial charge in [0.1, 0.15) is 5.54 Å². The van der Waals surface area contributed by atoms with Gasteiger partial charge < -0.3 is 5.32 Å². The molecule has 4 aliphatic rings. The van der Waals surface area contributed by atoms with E-state index in [9.17, 15) is 14.4 Å². The minimum atomic E-state index is -1.19. The number of hydrogen-bond acceptors (Lipinski definition) is 4. The van der Waals surface area contributed by atoms with Gasteiger partial charge in [-0.3, -0.25) is 19.3 Å². The monoisotopic (exact) mass is 435 g/mol. The SMILES string of the molecule is Cc1ccc(N2C(=O)[C@H]3[C@@H](C2=O)[C@]2(C(=O)Nc4ccc(Cl)cc42)N2CCC[C@@H]32)cc1C. The summed E-state index contributed by atoms with van der Waals surface area (Å²) in [6.45, 7) is 4.64. The van der Waals surface area contributed by atoms with Crippen molar-refractivity contribution in [1.29, 1.82) is 0 Å². The summed E-state index contributed by atoms with van der Waals surface area (Å²) in [4.78, 5) is 44.6. The van der Waals surface area contributed by atoms with Crippen LogP contribution < -0.4 is 10.2 Å². The van der Waals surface area contributed by atoms with Crippen molar-refractivity contribution in [1.82, 2.24) is 4.90 Å². The van der Waals surface area contributed by atoms with Gasteiger partial charge in [0.05, 0.1) is 17.5 Å². The first kappa shape index (κ1) is 19.0. The van der Waals surface area contributed by atoms with Gasteiger partial charge in [-0.1, -0.05) is 17.7 Å². The topological polar surface area (TPSA) is 69.7 Å². The summed E-state index contributed by atoms with van der Waals surface area (Å²) in [5.41, 5.74) is 2.89. The third kappa shape index (κ3) is 2.19. The van der Waals surface area contributed by atoms with E-state index in [2.05, 4.69) is 10.2 Å². The first-order chi connectivity index (χ1) is 14.9. The predicted octanol–water partition coefficient (Wildman–Crippen LogP) is 3.39. The summed E-state index contributed by atoms with van der Waals surface area (Å²) in [5.74, 6) is -2.02. The zero-order valence-electron chi connectivity index (χ0n) is 17.3. The Labute approximate surface area is 185 Å². The van der Waals surface area contributed by atoms with Crippen LogP contribution in [0.2, 0.25) is 5.02 Å². The van der Waals surface area contributed by atoms with Gasteiger partial charge in [-0.25, -0.2) is 4.90 Å². The summed E-state index contributed by atoms with van der Waals surface area (Å²) in [6, 6.07) is 10.8. The number of nitrogens with one attached hydrogen (secondary N) is 1. The molecule has 158 valence electrons. The third-order valence-electron chi connectivity index (χ3n) is 7.70. The number of rotatable bonds is 1. The number of carbonyl (C=O) groups excluding carboxylic acids is 3. The molecule has 3 amide bonds. The van der Waals surface area contributed by atoms with Crippen LogP contribution in [0, 0.1) is 25.7 Å². The molecule has 2 aromatic carbocycles. The minimum absolute atomic E-state index is 0.131. The zero-order valence-corrected chi connectivity index (χ0v) is 18.1. The number of imide groups is 1. The van der Waals surface area contributed by atoms with E-state index < -0.39 is 17.4 Å². The van der Waals surface area contributed by atoms with Crippen molar-refractivity contribution >= 4 is 40.7 Å². The summed E-state index contributed by atoms with van der Waals surface area (Å²) < 4.78 is 0. The molecule has 6 rings (SSSR count). The molecular formula is C24H22ClN3O3. The predicted molar refractivity (Wildman–Crippen MR) is 117 cm³/mol. The maximum absolute atomic E-state index is 13.9. The summed E-state index contributed by atoms with van der Waals surface area (Å²) in [7, 11) is 0. The van der Waals surface area contributed by atoms with E-state index >= 15 is 0 Å². The highest BCUT2D eigenvalue weighted by Gasteiger charge is 2.74. The fraction of sp³-hybridized carbons (Fsp3) is 0.375. The van der Waals surface area contributed by atoms with E-state index in [-0.39, 0.29) is 23.8 Å². The third-order valence-corrected chi connectivity index (χ3v) is 7.94.